The molecule has 0 saturated heterocycles. The molecule has 2 aromatic rings. The van der Waals surface area contributed by atoms with E-state index < -0.39 is 0 Å². The molecule has 0 fully saturated rings. The van der Waals surface area contributed by atoms with Crippen LogP contribution in [0.4, 0.5) is 11.9 Å². The number of anilines is 2. The van der Waals surface area contributed by atoms with Crippen molar-refractivity contribution in [2.45, 2.75) is 11.7 Å². The second-order valence-corrected chi connectivity index (χ2v) is 5.00. The highest BCUT2D eigenvalue weighted by atomic mass is 35.5. The number of benzene rings is 1. The molecule has 1 aromatic carbocycles. The van der Waals surface area contributed by atoms with Crippen LogP contribution in [0.2, 0.25) is 5.02 Å². The minimum atomic E-state index is 0.188. The van der Waals surface area contributed by atoms with Crippen LogP contribution in [0.3, 0.4) is 0 Å². The van der Waals surface area contributed by atoms with Gasteiger partial charge in [0.15, 0.2) is 5.16 Å². The first kappa shape index (κ1) is 14.7. The second kappa shape index (κ2) is 6.62. The van der Waals surface area contributed by atoms with Gasteiger partial charge in [0.25, 0.3) is 0 Å². The topological polar surface area (TPSA) is 86.0 Å². The van der Waals surface area contributed by atoms with E-state index in [9.17, 15) is 0 Å². The van der Waals surface area contributed by atoms with Crippen LogP contribution in [-0.2, 0) is 6.54 Å². The molecule has 0 amide bonds. The van der Waals surface area contributed by atoms with Crippen molar-refractivity contribution in [1.82, 2.24) is 15.0 Å². The van der Waals surface area contributed by atoms with E-state index in [4.69, 9.17) is 22.1 Å². The smallest absolute Gasteiger partial charge is 0.228 e. The standard InChI is InChI=1S/C12H14ClN5OS/c1-19-8-4-3-7(9(13)5-8)6-15-11-16-10(14)17-12(18-11)20-2/h3-5H,6H2,1-2H3,(H3,14,15,16,17,18). The van der Waals surface area contributed by atoms with E-state index in [1.165, 1.54) is 11.8 Å². The lowest BCUT2D eigenvalue weighted by molar-refractivity contribution is 0.414. The predicted octanol–water partition coefficient (Wildman–Crippen LogP) is 2.45. The van der Waals surface area contributed by atoms with Crippen molar-refractivity contribution in [3.63, 3.8) is 0 Å². The molecule has 0 atom stereocenters. The fourth-order valence-electron chi connectivity index (χ4n) is 1.52. The lowest BCUT2D eigenvalue weighted by Gasteiger charge is -2.09. The van der Waals surface area contributed by atoms with Gasteiger partial charge in [-0.15, -0.1) is 0 Å². The highest BCUT2D eigenvalue weighted by molar-refractivity contribution is 7.98. The van der Waals surface area contributed by atoms with Gasteiger partial charge in [-0.05, 0) is 24.0 Å². The Kier molecular flexibility index (Phi) is 4.86. The molecule has 0 bridgehead atoms. The van der Waals surface area contributed by atoms with Gasteiger partial charge in [0.05, 0.1) is 7.11 Å². The van der Waals surface area contributed by atoms with E-state index in [0.29, 0.717) is 28.4 Å². The first-order chi connectivity index (χ1) is 9.62. The Hall–Kier alpha value is -1.73. The van der Waals surface area contributed by atoms with Crippen LogP contribution in [-0.4, -0.2) is 28.3 Å². The van der Waals surface area contributed by atoms with Crippen LogP contribution < -0.4 is 15.8 Å². The normalized spacial score (nSPS) is 10.3. The molecule has 1 aromatic heterocycles. The highest BCUT2D eigenvalue weighted by Crippen LogP contribution is 2.23. The molecule has 106 valence electrons. The molecule has 8 heteroatoms. The Morgan fingerprint density at radius 2 is 2.15 bits per heavy atom. The second-order valence-electron chi connectivity index (χ2n) is 3.81. The number of nitrogens with one attached hydrogen (secondary N) is 1. The molecular weight excluding hydrogens is 298 g/mol. The maximum Gasteiger partial charge on any atom is 0.228 e. The zero-order valence-electron chi connectivity index (χ0n) is 11.1. The van der Waals surface area contributed by atoms with Gasteiger partial charge in [0, 0.05) is 11.6 Å². The van der Waals surface area contributed by atoms with Gasteiger partial charge in [0.2, 0.25) is 11.9 Å². The Labute approximate surface area is 126 Å². The summed E-state index contributed by atoms with van der Waals surface area (Å²) in [5, 5.41) is 4.26. The van der Waals surface area contributed by atoms with E-state index in [1.807, 2.05) is 18.4 Å². The van der Waals surface area contributed by atoms with Crippen LogP contribution in [0.1, 0.15) is 5.56 Å². The number of halogens is 1. The Bertz CT molecular complexity index is 610. The highest BCUT2D eigenvalue weighted by Gasteiger charge is 2.06. The molecule has 0 spiro atoms. The summed E-state index contributed by atoms with van der Waals surface area (Å²) in [5.74, 6) is 1.33. The van der Waals surface area contributed by atoms with Crippen LogP contribution in [0.25, 0.3) is 0 Å². The number of methoxy groups -OCH3 is 1. The molecule has 0 radical (unpaired) electrons. The van der Waals surface area contributed by atoms with Crippen molar-refractivity contribution in [3.05, 3.63) is 28.8 Å². The molecule has 0 aliphatic carbocycles. The molecule has 0 aliphatic heterocycles. The van der Waals surface area contributed by atoms with E-state index in [0.717, 1.165) is 5.56 Å². The molecule has 6 nitrogen and oxygen atoms in total. The number of nitrogen functional groups attached to an aromatic ring is 1. The monoisotopic (exact) mass is 311 g/mol. The van der Waals surface area contributed by atoms with Crippen molar-refractivity contribution in [2.24, 2.45) is 0 Å². The summed E-state index contributed by atoms with van der Waals surface area (Å²) >= 11 is 7.56. The lowest BCUT2D eigenvalue weighted by atomic mass is 10.2. The van der Waals surface area contributed by atoms with Gasteiger partial charge in [-0.1, -0.05) is 29.4 Å². The van der Waals surface area contributed by atoms with Crippen molar-refractivity contribution in [1.29, 1.82) is 0 Å². The van der Waals surface area contributed by atoms with Gasteiger partial charge in [-0.3, -0.25) is 0 Å². The first-order valence-corrected chi connectivity index (χ1v) is 7.34. The quantitative estimate of drug-likeness (QED) is 0.820. The average Bonchev–Trinajstić information content (AvgIpc) is 2.45. The third-order valence-electron chi connectivity index (χ3n) is 2.51. The van der Waals surface area contributed by atoms with Gasteiger partial charge in [0.1, 0.15) is 5.75 Å². The Balaban J connectivity index is 2.10. The zero-order chi connectivity index (χ0) is 14.5. The third kappa shape index (κ3) is 3.64. The van der Waals surface area contributed by atoms with Crippen molar-refractivity contribution in [3.8, 4) is 5.75 Å². The van der Waals surface area contributed by atoms with Gasteiger partial charge < -0.3 is 15.8 Å². The fraction of sp³-hybridized carbons (Fsp3) is 0.250. The zero-order valence-corrected chi connectivity index (χ0v) is 12.6. The maximum atomic E-state index is 6.16. The van der Waals surface area contributed by atoms with Gasteiger partial charge >= 0.3 is 0 Å². The summed E-state index contributed by atoms with van der Waals surface area (Å²) in [6.45, 7) is 0.486. The summed E-state index contributed by atoms with van der Waals surface area (Å²) in [4.78, 5) is 12.2. The summed E-state index contributed by atoms with van der Waals surface area (Å²) in [6.07, 6.45) is 1.87. The first-order valence-electron chi connectivity index (χ1n) is 5.74. The van der Waals surface area contributed by atoms with Gasteiger partial charge in [-0.25, -0.2) is 0 Å². The minimum Gasteiger partial charge on any atom is -0.497 e. The summed E-state index contributed by atoms with van der Waals surface area (Å²) < 4.78 is 5.10. The molecule has 3 N–H and O–H groups in total. The summed E-state index contributed by atoms with van der Waals surface area (Å²) in [5.41, 5.74) is 6.53. The van der Waals surface area contributed by atoms with Crippen molar-refractivity contribution in [2.75, 3.05) is 24.4 Å². The lowest BCUT2D eigenvalue weighted by Crippen LogP contribution is -2.08. The van der Waals surface area contributed by atoms with Crippen molar-refractivity contribution >= 4 is 35.3 Å². The number of rotatable bonds is 5. The molecular formula is C12H14ClN5OS. The molecule has 0 saturated carbocycles. The van der Waals surface area contributed by atoms with Crippen LogP contribution in [0.15, 0.2) is 23.4 Å². The van der Waals surface area contributed by atoms with E-state index >= 15 is 0 Å². The number of hydrogen-bond donors (Lipinski definition) is 2. The number of nitrogens with two attached hydrogens (primary N) is 1. The van der Waals surface area contributed by atoms with E-state index in [2.05, 4.69) is 20.3 Å². The number of thioether (sulfide) groups is 1. The average molecular weight is 312 g/mol. The predicted molar refractivity (Wildman–Crippen MR) is 81.4 cm³/mol. The number of ether oxygens (including phenoxy) is 1. The Morgan fingerprint density at radius 1 is 1.35 bits per heavy atom. The van der Waals surface area contributed by atoms with Crippen LogP contribution in [0, 0.1) is 0 Å². The van der Waals surface area contributed by atoms with Gasteiger partial charge in [-0.2, -0.15) is 15.0 Å². The van der Waals surface area contributed by atoms with E-state index in [-0.39, 0.29) is 5.95 Å². The Morgan fingerprint density at radius 3 is 2.80 bits per heavy atom. The third-order valence-corrected chi connectivity index (χ3v) is 3.41. The number of nitrogens with zero attached hydrogens (tertiary/aromatic N) is 3. The fourth-order valence-corrected chi connectivity index (χ4v) is 2.12. The van der Waals surface area contributed by atoms with Crippen LogP contribution >= 0.6 is 23.4 Å². The molecule has 20 heavy (non-hydrogen) atoms. The summed E-state index contributed by atoms with van der Waals surface area (Å²) in [6, 6.07) is 5.49. The maximum absolute atomic E-state index is 6.16. The van der Waals surface area contributed by atoms with Crippen molar-refractivity contribution < 1.29 is 4.74 Å². The SMILES string of the molecule is COc1ccc(CNc2nc(N)nc(SC)n2)c(Cl)c1. The largest absolute Gasteiger partial charge is 0.497 e. The van der Waals surface area contributed by atoms with Crippen LogP contribution in [0.5, 0.6) is 5.75 Å². The number of hydrogen-bond acceptors (Lipinski definition) is 7. The van der Waals surface area contributed by atoms with E-state index in [1.54, 1.807) is 13.2 Å². The minimum absolute atomic E-state index is 0.188. The molecule has 1 heterocycles. The molecule has 2 rings (SSSR count). The number of aromatic nitrogens is 3. The molecule has 0 unspecified atom stereocenters. The molecule has 0 aliphatic rings. The summed E-state index contributed by atoms with van der Waals surface area (Å²) in [7, 11) is 1.60.